The molecule has 4 rings (SSSR count). The summed E-state index contributed by atoms with van der Waals surface area (Å²) in [4.78, 5) is 21.8. The molecule has 1 aliphatic rings. The molecule has 1 saturated heterocycles. The third-order valence-electron chi connectivity index (χ3n) is 4.86. The minimum atomic E-state index is -0.200. The second-order valence-electron chi connectivity index (χ2n) is 6.37. The number of nitrogens with zero attached hydrogens (tertiary/aromatic N) is 3. The van der Waals surface area contributed by atoms with E-state index in [9.17, 15) is 9.18 Å². The third kappa shape index (κ3) is 2.58. The molecule has 0 aliphatic carbocycles. The third-order valence-corrected chi connectivity index (χ3v) is 4.86. The second kappa shape index (κ2) is 5.78. The molecule has 3 aromatic rings. The van der Waals surface area contributed by atoms with Crippen LogP contribution in [0.4, 0.5) is 10.3 Å². The minimum Gasteiger partial charge on any atom is -0.342 e. The molecule has 0 bridgehead atoms. The van der Waals surface area contributed by atoms with E-state index in [2.05, 4.69) is 14.9 Å². The number of anilines is 1. The van der Waals surface area contributed by atoms with E-state index < -0.39 is 0 Å². The molecule has 0 spiro atoms. The predicted molar refractivity (Wildman–Crippen MR) is 91.9 cm³/mol. The predicted octanol–water partition coefficient (Wildman–Crippen LogP) is 2.78. The zero-order chi connectivity index (χ0) is 16.7. The van der Waals surface area contributed by atoms with E-state index in [4.69, 9.17) is 0 Å². The van der Waals surface area contributed by atoms with Gasteiger partial charge in [0, 0.05) is 26.3 Å². The fourth-order valence-electron chi connectivity index (χ4n) is 3.44. The SMILES string of the molecule is Cn1ccc2c(=O)[nH]c(N3CCC(c4ccc(F)cc4)CC3)nc21. The maximum atomic E-state index is 13.1. The first-order valence-electron chi connectivity index (χ1n) is 8.17. The lowest BCUT2D eigenvalue weighted by molar-refractivity contribution is 0.498. The van der Waals surface area contributed by atoms with Crippen LogP contribution in [0.15, 0.2) is 41.3 Å². The standard InChI is InChI=1S/C18H19FN4O/c1-22-9-8-15-16(22)20-18(21-17(15)24)23-10-6-13(7-11-23)12-2-4-14(19)5-3-12/h2-5,8-9,13H,6-7,10-11H2,1H3,(H,20,21,24). The number of hydrogen-bond acceptors (Lipinski definition) is 3. The van der Waals surface area contributed by atoms with Crippen LogP contribution in [0.2, 0.25) is 0 Å². The highest BCUT2D eigenvalue weighted by molar-refractivity contribution is 5.76. The van der Waals surface area contributed by atoms with E-state index in [0.717, 1.165) is 25.9 Å². The number of hydrogen-bond donors (Lipinski definition) is 1. The van der Waals surface area contributed by atoms with Gasteiger partial charge in [-0.3, -0.25) is 9.78 Å². The lowest BCUT2D eigenvalue weighted by Gasteiger charge is -2.32. The Kier molecular flexibility index (Phi) is 3.59. The smallest absolute Gasteiger partial charge is 0.261 e. The summed E-state index contributed by atoms with van der Waals surface area (Å²) in [5, 5.41) is 0.613. The van der Waals surface area contributed by atoms with Gasteiger partial charge >= 0.3 is 0 Å². The van der Waals surface area contributed by atoms with Crippen molar-refractivity contribution in [2.45, 2.75) is 18.8 Å². The second-order valence-corrected chi connectivity index (χ2v) is 6.37. The van der Waals surface area contributed by atoms with Crippen molar-refractivity contribution in [2.24, 2.45) is 7.05 Å². The van der Waals surface area contributed by atoms with Crippen LogP contribution >= 0.6 is 0 Å². The van der Waals surface area contributed by atoms with Gasteiger partial charge in [-0.1, -0.05) is 12.1 Å². The van der Waals surface area contributed by atoms with Crippen LogP contribution in [0.1, 0.15) is 24.3 Å². The van der Waals surface area contributed by atoms with Crippen molar-refractivity contribution in [1.82, 2.24) is 14.5 Å². The van der Waals surface area contributed by atoms with Crippen molar-refractivity contribution in [2.75, 3.05) is 18.0 Å². The van der Waals surface area contributed by atoms with E-state index in [0.29, 0.717) is 22.9 Å². The number of aryl methyl sites for hydroxylation is 1. The summed E-state index contributed by atoms with van der Waals surface area (Å²) in [7, 11) is 1.89. The quantitative estimate of drug-likeness (QED) is 0.788. The fourth-order valence-corrected chi connectivity index (χ4v) is 3.44. The van der Waals surface area contributed by atoms with E-state index in [1.54, 1.807) is 6.07 Å². The number of piperidine rings is 1. The number of benzene rings is 1. The lowest BCUT2D eigenvalue weighted by Crippen LogP contribution is -2.35. The number of nitrogens with one attached hydrogen (secondary N) is 1. The van der Waals surface area contributed by atoms with Gasteiger partial charge in [-0.2, -0.15) is 4.98 Å². The van der Waals surface area contributed by atoms with Gasteiger partial charge < -0.3 is 9.47 Å². The molecule has 0 atom stereocenters. The molecule has 3 heterocycles. The number of halogens is 1. The van der Waals surface area contributed by atoms with Gasteiger partial charge in [0.1, 0.15) is 11.5 Å². The monoisotopic (exact) mass is 326 g/mol. The Morgan fingerprint density at radius 2 is 1.88 bits per heavy atom. The Morgan fingerprint density at radius 1 is 1.17 bits per heavy atom. The molecule has 1 aromatic carbocycles. The van der Waals surface area contributed by atoms with Crippen molar-refractivity contribution in [3.05, 3.63) is 58.3 Å². The summed E-state index contributed by atoms with van der Waals surface area (Å²) in [6, 6.07) is 8.55. The Morgan fingerprint density at radius 3 is 2.58 bits per heavy atom. The highest BCUT2D eigenvalue weighted by atomic mass is 19.1. The van der Waals surface area contributed by atoms with Crippen molar-refractivity contribution >= 4 is 17.0 Å². The van der Waals surface area contributed by atoms with Gasteiger partial charge in [-0.05, 0) is 42.5 Å². The van der Waals surface area contributed by atoms with Crippen molar-refractivity contribution in [3.8, 4) is 0 Å². The van der Waals surface area contributed by atoms with Crippen LogP contribution in [0.5, 0.6) is 0 Å². The van der Waals surface area contributed by atoms with Crippen LogP contribution in [-0.2, 0) is 7.05 Å². The maximum Gasteiger partial charge on any atom is 0.261 e. The first-order chi connectivity index (χ1) is 11.6. The van der Waals surface area contributed by atoms with Gasteiger partial charge in [0.15, 0.2) is 0 Å². The van der Waals surface area contributed by atoms with E-state index in [1.165, 1.54) is 17.7 Å². The minimum absolute atomic E-state index is 0.101. The van der Waals surface area contributed by atoms with Gasteiger partial charge in [-0.25, -0.2) is 4.39 Å². The highest BCUT2D eigenvalue weighted by Crippen LogP contribution is 2.29. The molecule has 0 unspecified atom stereocenters. The molecule has 6 heteroatoms. The Hall–Kier alpha value is -2.63. The van der Waals surface area contributed by atoms with Crippen LogP contribution in [-0.4, -0.2) is 27.6 Å². The van der Waals surface area contributed by atoms with Crippen molar-refractivity contribution in [1.29, 1.82) is 0 Å². The number of H-pyrrole nitrogens is 1. The Labute approximate surface area is 138 Å². The Balaban J connectivity index is 1.54. The van der Waals surface area contributed by atoms with Gasteiger partial charge in [0.25, 0.3) is 5.56 Å². The van der Waals surface area contributed by atoms with Gasteiger partial charge in [0.2, 0.25) is 5.95 Å². The van der Waals surface area contributed by atoms with Crippen molar-refractivity contribution < 1.29 is 4.39 Å². The zero-order valence-corrected chi connectivity index (χ0v) is 13.5. The van der Waals surface area contributed by atoms with Gasteiger partial charge in [0.05, 0.1) is 5.39 Å². The summed E-state index contributed by atoms with van der Waals surface area (Å²) in [6.07, 6.45) is 3.76. The number of aromatic nitrogens is 3. The average Bonchev–Trinajstić information content (AvgIpc) is 2.98. The molecule has 1 fully saturated rings. The van der Waals surface area contributed by atoms with E-state index in [1.807, 2.05) is 29.9 Å². The molecule has 0 amide bonds. The number of fused-ring (bicyclic) bond motifs is 1. The highest BCUT2D eigenvalue weighted by Gasteiger charge is 2.22. The maximum absolute atomic E-state index is 13.1. The molecule has 124 valence electrons. The van der Waals surface area contributed by atoms with E-state index in [-0.39, 0.29) is 11.4 Å². The van der Waals surface area contributed by atoms with Crippen LogP contribution < -0.4 is 10.5 Å². The largest absolute Gasteiger partial charge is 0.342 e. The Bertz CT molecular complexity index is 920. The zero-order valence-electron chi connectivity index (χ0n) is 13.5. The summed E-state index contributed by atoms with van der Waals surface area (Å²) in [6.45, 7) is 1.64. The molecule has 1 N–H and O–H groups in total. The van der Waals surface area contributed by atoms with Crippen LogP contribution in [0, 0.1) is 5.82 Å². The van der Waals surface area contributed by atoms with Crippen LogP contribution in [0.25, 0.3) is 11.0 Å². The van der Waals surface area contributed by atoms with E-state index >= 15 is 0 Å². The molecule has 5 nitrogen and oxygen atoms in total. The molecule has 2 aromatic heterocycles. The van der Waals surface area contributed by atoms with Gasteiger partial charge in [-0.15, -0.1) is 0 Å². The molecule has 24 heavy (non-hydrogen) atoms. The summed E-state index contributed by atoms with van der Waals surface area (Å²) in [5.41, 5.74) is 1.78. The lowest BCUT2D eigenvalue weighted by atomic mass is 9.89. The average molecular weight is 326 g/mol. The van der Waals surface area contributed by atoms with Crippen molar-refractivity contribution in [3.63, 3.8) is 0 Å². The molecular weight excluding hydrogens is 307 g/mol. The molecule has 0 saturated carbocycles. The number of aromatic amines is 1. The summed E-state index contributed by atoms with van der Waals surface area (Å²) >= 11 is 0. The first kappa shape index (κ1) is 14.9. The molecule has 1 aliphatic heterocycles. The number of rotatable bonds is 2. The topological polar surface area (TPSA) is 53.9 Å². The van der Waals surface area contributed by atoms with Crippen LogP contribution in [0.3, 0.4) is 0 Å². The normalized spacial score (nSPS) is 16.0. The molecular formula is C18H19FN4O. The first-order valence-corrected chi connectivity index (χ1v) is 8.17. The fraction of sp³-hybridized carbons (Fsp3) is 0.333. The molecule has 0 radical (unpaired) electrons. The summed E-state index contributed by atoms with van der Waals surface area (Å²) in [5.74, 6) is 0.855. The summed E-state index contributed by atoms with van der Waals surface area (Å²) < 4.78 is 14.9.